The molecule has 0 saturated carbocycles. The number of rotatable bonds is 3. The first kappa shape index (κ1) is 12.8. The maximum Gasteiger partial charge on any atom is 0.262 e. The van der Waals surface area contributed by atoms with Crippen molar-refractivity contribution in [1.29, 1.82) is 0 Å². The highest BCUT2D eigenvalue weighted by atomic mass is 16.7. The number of aliphatic imine (C=N–C) groups is 1. The zero-order chi connectivity index (χ0) is 13.8. The number of nitro groups is 1. The van der Waals surface area contributed by atoms with Crippen molar-refractivity contribution in [2.75, 3.05) is 23.7 Å². The highest BCUT2D eigenvalue weighted by molar-refractivity contribution is 5.94. The summed E-state index contributed by atoms with van der Waals surface area (Å²) in [7, 11) is 0. The second-order valence-electron chi connectivity index (χ2n) is 3.95. The smallest absolute Gasteiger partial charge is 0.262 e. The van der Waals surface area contributed by atoms with Crippen LogP contribution in [-0.2, 0) is 4.79 Å². The quantitative estimate of drug-likeness (QED) is 0.624. The molecule has 1 heterocycles. The molecule has 100 valence electrons. The van der Waals surface area contributed by atoms with Gasteiger partial charge in [0.1, 0.15) is 6.54 Å². The lowest BCUT2D eigenvalue weighted by Crippen LogP contribution is -2.37. The van der Waals surface area contributed by atoms with E-state index in [1.807, 2.05) is 0 Å². The van der Waals surface area contributed by atoms with Gasteiger partial charge in [-0.15, -0.1) is 0 Å². The van der Waals surface area contributed by atoms with E-state index < -0.39 is 5.03 Å². The zero-order valence-corrected chi connectivity index (χ0v) is 10.3. The van der Waals surface area contributed by atoms with Crippen LogP contribution in [0, 0.1) is 10.1 Å². The van der Waals surface area contributed by atoms with Crippen LogP contribution < -0.4 is 10.6 Å². The maximum absolute atomic E-state index is 10.9. The van der Waals surface area contributed by atoms with Crippen LogP contribution in [0.2, 0.25) is 0 Å². The lowest BCUT2D eigenvalue weighted by molar-refractivity contribution is -0.626. The summed E-state index contributed by atoms with van der Waals surface area (Å²) in [5.74, 6) is 0.0673. The first-order valence-electron chi connectivity index (χ1n) is 5.67. The van der Waals surface area contributed by atoms with Gasteiger partial charge in [0.15, 0.2) is 5.03 Å². The molecule has 0 spiro atoms. The Bertz CT molecular complexity index is 526. The Morgan fingerprint density at radius 2 is 2.00 bits per heavy atom. The van der Waals surface area contributed by atoms with Gasteiger partial charge in [0.05, 0.1) is 6.54 Å². The number of amides is 1. The molecule has 1 amide bonds. The number of carbonyl (C=O) groups excluding carboxylic acids is 1. The molecular formula is C11H13N5O3. The number of anilines is 2. The summed E-state index contributed by atoms with van der Waals surface area (Å²) in [6.45, 7) is 2.08. The number of benzene rings is 1. The van der Waals surface area contributed by atoms with Crippen molar-refractivity contribution in [2.24, 2.45) is 4.99 Å². The topological polar surface area (TPSA) is 99.9 Å². The molecule has 0 fully saturated rings. The van der Waals surface area contributed by atoms with Crippen LogP contribution in [0.15, 0.2) is 29.3 Å². The van der Waals surface area contributed by atoms with Gasteiger partial charge in [0.2, 0.25) is 5.91 Å². The molecular weight excluding hydrogens is 250 g/mol. The van der Waals surface area contributed by atoms with Crippen LogP contribution in [-0.4, -0.2) is 35.0 Å². The van der Waals surface area contributed by atoms with Gasteiger partial charge in [-0.25, -0.2) is 15.1 Å². The molecule has 0 saturated heterocycles. The monoisotopic (exact) mass is 263 g/mol. The summed E-state index contributed by atoms with van der Waals surface area (Å²) < 4.78 is 0. The van der Waals surface area contributed by atoms with E-state index in [-0.39, 0.29) is 18.4 Å². The molecule has 0 bridgehead atoms. The minimum atomic E-state index is -0.496. The van der Waals surface area contributed by atoms with Crippen molar-refractivity contribution in [3.8, 4) is 0 Å². The molecule has 1 aromatic rings. The minimum Gasteiger partial charge on any atom is -0.326 e. The molecule has 2 rings (SSSR count). The fourth-order valence-electron chi connectivity index (χ4n) is 1.67. The fraction of sp³-hybridized carbons (Fsp3) is 0.273. The minimum absolute atomic E-state index is 0.152. The van der Waals surface area contributed by atoms with Crippen molar-refractivity contribution < 1.29 is 9.83 Å². The van der Waals surface area contributed by atoms with Gasteiger partial charge in [-0.05, 0) is 24.3 Å². The van der Waals surface area contributed by atoms with E-state index in [0.29, 0.717) is 17.9 Å². The van der Waals surface area contributed by atoms with Crippen LogP contribution in [0.25, 0.3) is 0 Å². The van der Waals surface area contributed by atoms with Crippen molar-refractivity contribution >= 4 is 23.2 Å². The van der Waals surface area contributed by atoms with Crippen LogP contribution in [0.5, 0.6) is 0 Å². The lowest BCUT2D eigenvalue weighted by atomic mass is 10.3. The molecule has 0 aromatic heterocycles. The number of hydrazine groups is 1. The predicted molar refractivity (Wildman–Crippen MR) is 70.4 cm³/mol. The van der Waals surface area contributed by atoms with Crippen LogP contribution >= 0.6 is 0 Å². The van der Waals surface area contributed by atoms with E-state index in [4.69, 9.17) is 0 Å². The average molecular weight is 263 g/mol. The highest BCUT2D eigenvalue weighted by Gasteiger charge is 2.26. The van der Waals surface area contributed by atoms with E-state index in [1.165, 1.54) is 6.92 Å². The Morgan fingerprint density at radius 3 is 2.58 bits per heavy atom. The molecule has 1 aromatic carbocycles. The van der Waals surface area contributed by atoms with Crippen molar-refractivity contribution in [3.63, 3.8) is 0 Å². The summed E-state index contributed by atoms with van der Waals surface area (Å²) in [5.41, 5.74) is 1.33. The van der Waals surface area contributed by atoms with Gasteiger partial charge in [-0.1, -0.05) is 5.01 Å². The highest BCUT2D eigenvalue weighted by Crippen LogP contribution is 2.15. The number of carbonyl (C=O) groups is 1. The number of guanidine groups is 1. The Hall–Kier alpha value is -2.64. The van der Waals surface area contributed by atoms with E-state index in [9.17, 15) is 14.9 Å². The van der Waals surface area contributed by atoms with Gasteiger partial charge in [-0.3, -0.25) is 4.79 Å². The summed E-state index contributed by atoms with van der Waals surface area (Å²) in [6.07, 6.45) is 0. The molecule has 1 aliphatic rings. The van der Waals surface area contributed by atoms with Gasteiger partial charge in [0.25, 0.3) is 5.96 Å². The third-order valence-corrected chi connectivity index (χ3v) is 2.48. The number of nitrogens with zero attached hydrogens (tertiary/aromatic N) is 3. The fourth-order valence-corrected chi connectivity index (χ4v) is 1.67. The van der Waals surface area contributed by atoms with Gasteiger partial charge >= 0.3 is 0 Å². The third kappa shape index (κ3) is 3.18. The molecule has 0 atom stereocenters. The summed E-state index contributed by atoms with van der Waals surface area (Å²) >= 11 is 0. The largest absolute Gasteiger partial charge is 0.326 e. The van der Waals surface area contributed by atoms with Crippen LogP contribution in [0.4, 0.5) is 11.4 Å². The van der Waals surface area contributed by atoms with Gasteiger partial charge in [0, 0.05) is 18.3 Å². The molecule has 0 radical (unpaired) electrons. The Morgan fingerprint density at radius 1 is 1.37 bits per heavy atom. The summed E-state index contributed by atoms with van der Waals surface area (Å²) in [6, 6.07) is 6.83. The molecule has 19 heavy (non-hydrogen) atoms. The molecule has 1 aliphatic heterocycles. The third-order valence-electron chi connectivity index (χ3n) is 2.48. The second-order valence-corrected chi connectivity index (χ2v) is 3.95. The molecule has 0 aliphatic carbocycles. The summed E-state index contributed by atoms with van der Waals surface area (Å²) in [5, 5.41) is 16.7. The number of hydrogen-bond acceptors (Lipinski definition) is 5. The molecule has 8 heteroatoms. The average Bonchev–Trinajstić information content (AvgIpc) is 2.79. The van der Waals surface area contributed by atoms with E-state index in [1.54, 1.807) is 24.3 Å². The molecule has 8 nitrogen and oxygen atoms in total. The van der Waals surface area contributed by atoms with Gasteiger partial charge in [-0.2, -0.15) is 0 Å². The van der Waals surface area contributed by atoms with E-state index in [0.717, 1.165) is 5.01 Å². The SMILES string of the molecule is CC(=O)Nc1ccc(NC2=NCCN2[N+](=O)[O-])cc1. The molecule has 2 N–H and O–H groups in total. The van der Waals surface area contributed by atoms with Crippen LogP contribution in [0.1, 0.15) is 6.92 Å². The van der Waals surface area contributed by atoms with E-state index >= 15 is 0 Å². The van der Waals surface area contributed by atoms with E-state index in [2.05, 4.69) is 15.6 Å². The Labute approximate surface area is 109 Å². The summed E-state index contributed by atoms with van der Waals surface area (Å²) in [4.78, 5) is 25.6. The second kappa shape index (κ2) is 5.34. The first-order valence-corrected chi connectivity index (χ1v) is 5.67. The molecule has 0 unspecified atom stereocenters. The van der Waals surface area contributed by atoms with Gasteiger partial charge < -0.3 is 10.6 Å². The van der Waals surface area contributed by atoms with Crippen LogP contribution in [0.3, 0.4) is 0 Å². The normalized spacial score (nSPS) is 13.9. The van der Waals surface area contributed by atoms with Crippen molar-refractivity contribution in [1.82, 2.24) is 5.01 Å². The lowest BCUT2D eigenvalue weighted by Gasteiger charge is -2.11. The van der Waals surface area contributed by atoms with Crippen molar-refractivity contribution in [2.45, 2.75) is 6.92 Å². The number of nitrogens with one attached hydrogen (secondary N) is 2. The zero-order valence-electron chi connectivity index (χ0n) is 10.3. The maximum atomic E-state index is 10.9. The van der Waals surface area contributed by atoms with Crippen molar-refractivity contribution in [3.05, 3.63) is 34.4 Å². The first-order chi connectivity index (χ1) is 9.06. The Balaban J connectivity index is 2.03. The number of hydrogen-bond donors (Lipinski definition) is 2. The predicted octanol–water partition coefficient (Wildman–Crippen LogP) is 0.920. The Kier molecular flexibility index (Phi) is 3.60. The standard InChI is InChI=1S/C11H13N5O3/c1-8(17)13-9-2-4-10(5-3-9)14-11-12-6-7-15(11)16(18)19/h2-5H,6-7H2,1H3,(H,12,14)(H,13,17).